The Morgan fingerprint density at radius 1 is 1.14 bits per heavy atom. The van der Waals surface area contributed by atoms with Gasteiger partial charge < -0.3 is 9.40 Å². The number of benzene rings is 1. The van der Waals surface area contributed by atoms with Crippen molar-refractivity contribution < 1.29 is 4.42 Å². The monoisotopic (exact) mass is 497 g/mol. The standard InChI is InChI=1S/C28H31N7O2/c1-5-28(3,4)35-26(31-32-33-35)25(23-15-21-14-19(2)10-11-24(21)30-27(23)36)34(18-22-9-7-13-37-22)17-20-8-6-12-29-16-20/h6-16,25H,5,17-18H2,1-4H3,(H,30,36)/t25-/m1/s1. The van der Waals surface area contributed by atoms with Crippen molar-refractivity contribution in [1.82, 2.24) is 35.1 Å². The number of rotatable bonds is 9. The van der Waals surface area contributed by atoms with Crippen molar-refractivity contribution in [3.8, 4) is 0 Å². The van der Waals surface area contributed by atoms with Crippen molar-refractivity contribution in [3.63, 3.8) is 0 Å². The predicted octanol–water partition coefficient (Wildman–Crippen LogP) is 4.75. The van der Waals surface area contributed by atoms with E-state index in [1.54, 1.807) is 12.5 Å². The Balaban J connectivity index is 1.73. The molecule has 0 fully saturated rings. The Hall–Kier alpha value is -4.11. The number of fused-ring (bicyclic) bond motifs is 1. The molecule has 37 heavy (non-hydrogen) atoms. The number of pyridine rings is 2. The van der Waals surface area contributed by atoms with E-state index in [2.05, 4.69) is 57.2 Å². The highest BCUT2D eigenvalue weighted by Gasteiger charge is 2.35. The molecule has 0 spiro atoms. The van der Waals surface area contributed by atoms with E-state index in [0.717, 1.165) is 34.2 Å². The van der Waals surface area contributed by atoms with E-state index in [9.17, 15) is 4.79 Å². The lowest BCUT2D eigenvalue weighted by Crippen LogP contribution is -2.38. The molecule has 9 heteroatoms. The average molecular weight is 498 g/mol. The van der Waals surface area contributed by atoms with Gasteiger partial charge in [0.2, 0.25) is 0 Å². The van der Waals surface area contributed by atoms with E-state index < -0.39 is 6.04 Å². The van der Waals surface area contributed by atoms with Crippen LogP contribution in [0.1, 0.15) is 61.5 Å². The zero-order chi connectivity index (χ0) is 26.0. The van der Waals surface area contributed by atoms with Gasteiger partial charge in [-0.15, -0.1) is 5.10 Å². The van der Waals surface area contributed by atoms with E-state index in [4.69, 9.17) is 4.42 Å². The Kier molecular flexibility index (Phi) is 6.71. The predicted molar refractivity (Wildman–Crippen MR) is 141 cm³/mol. The molecule has 5 aromatic rings. The minimum atomic E-state index is -0.556. The molecule has 4 heterocycles. The molecule has 1 N–H and O–H groups in total. The first-order valence-electron chi connectivity index (χ1n) is 12.4. The Labute approximate surface area is 215 Å². The maximum atomic E-state index is 13.6. The molecule has 0 saturated heterocycles. The van der Waals surface area contributed by atoms with Crippen LogP contribution in [0.15, 0.2) is 76.4 Å². The highest BCUT2D eigenvalue weighted by molar-refractivity contribution is 5.79. The van der Waals surface area contributed by atoms with Crippen LogP contribution >= 0.6 is 0 Å². The largest absolute Gasteiger partial charge is 0.468 e. The van der Waals surface area contributed by atoms with Crippen molar-refractivity contribution in [3.05, 3.63) is 106 Å². The molecule has 5 rings (SSSR count). The molecule has 4 aromatic heterocycles. The maximum Gasteiger partial charge on any atom is 0.253 e. The quantitative estimate of drug-likeness (QED) is 0.313. The summed E-state index contributed by atoms with van der Waals surface area (Å²) in [5, 5.41) is 13.9. The van der Waals surface area contributed by atoms with E-state index in [-0.39, 0.29) is 11.1 Å². The molecule has 1 atom stereocenters. The van der Waals surface area contributed by atoms with Gasteiger partial charge in [0.1, 0.15) is 11.8 Å². The molecule has 0 saturated carbocycles. The summed E-state index contributed by atoms with van der Waals surface area (Å²) < 4.78 is 7.58. The summed E-state index contributed by atoms with van der Waals surface area (Å²) in [5.41, 5.74) is 2.93. The second-order valence-corrected chi connectivity index (χ2v) is 10.0. The van der Waals surface area contributed by atoms with Crippen LogP contribution in [-0.4, -0.2) is 35.1 Å². The molecule has 190 valence electrons. The number of aromatic nitrogens is 6. The molecule has 0 aliphatic heterocycles. The van der Waals surface area contributed by atoms with Crippen molar-refractivity contribution >= 4 is 10.9 Å². The van der Waals surface area contributed by atoms with Crippen LogP contribution in [0.3, 0.4) is 0 Å². The average Bonchev–Trinajstić information content (AvgIpc) is 3.58. The second kappa shape index (κ2) is 10.1. The zero-order valence-electron chi connectivity index (χ0n) is 21.5. The lowest BCUT2D eigenvalue weighted by Gasteiger charge is -2.33. The first kappa shape index (κ1) is 24.6. The molecule has 0 aliphatic rings. The van der Waals surface area contributed by atoms with E-state index in [0.29, 0.717) is 24.5 Å². The number of furan rings is 1. The Morgan fingerprint density at radius 2 is 2.00 bits per heavy atom. The van der Waals surface area contributed by atoms with Crippen molar-refractivity contribution in [2.75, 3.05) is 0 Å². The second-order valence-electron chi connectivity index (χ2n) is 10.0. The number of nitrogens with zero attached hydrogens (tertiary/aromatic N) is 6. The SMILES string of the molecule is CCC(C)(C)n1nnnc1[C@@H](c1cc2cc(C)ccc2[nH]c1=O)N(Cc1cccnc1)Cc1ccco1. The minimum absolute atomic E-state index is 0.180. The third-order valence-electron chi connectivity index (χ3n) is 6.91. The van der Waals surface area contributed by atoms with Gasteiger partial charge in [-0.2, -0.15) is 0 Å². The van der Waals surface area contributed by atoms with Crippen LogP contribution in [0.5, 0.6) is 0 Å². The summed E-state index contributed by atoms with van der Waals surface area (Å²) in [6, 6.07) is 15.1. The van der Waals surface area contributed by atoms with Gasteiger partial charge in [-0.1, -0.05) is 24.6 Å². The van der Waals surface area contributed by atoms with Crippen molar-refractivity contribution in [1.29, 1.82) is 0 Å². The maximum absolute atomic E-state index is 13.6. The summed E-state index contributed by atoms with van der Waals surface area (Å²) >= 11 is 0. The van der Waals surface area contributed by atoms with Crippen LogP contribution in [0.25, 0.3) is 10.9 Å². The van der Waals surface area contributed by atoms with Gasteiger partial charge in [0.25, 0.3) is 5.56 Å². The number of aryl methyl sites for hydroxylation is 1. The number of hydrogen-bond acceptors (Lipinski definition) is 7. The van der Waals surface area contributed by atoms with Crippen LogP contribution in [0.2, 0.25) is 0 Å². The first-order valence-corrected chi connectivity index (χ1v) is 12.4. The topological polar surface area (TPSA) is 106 Å². The number of aromatic amines is 1. The highest BCUT2D eigenvalue weighted by atomic mass is 16.3. The smallest absolute Gasteiger partial charge is 0.253 e. The molecule has 9 nitrogen and oxygen atoms in total. The normalized spacial score (nSPS) is 12.9. The molecule has 0 radical (unpaired) electrons. The fourth-order valence-corrected chi connectivity index (χ4v) is 4.56. The number of hydrogen-bond donors (Lipinski definition) is 1. The molecule has 0 amide bonds. The van der Waals surface area contributed by atoms with Gasteiger partial charge in [-0.25, -0.2) is 4.68 Å². The van der Waals surface area contributed by atoms with Gasteiger partial charge in [-0.05, 0) is 85.0 Å². The zero-order valence-corrected chi connectivity index (χ0v) is 21.5. The third-order valence-corrected chi connectivity index (χ3v) is 6.91. The van der Waals surface area contributed by atoms with Gasteiger partial charge in [-0.3, -0.25) is 14.7 Å². The molecular weight excluding hydrogens is 466 g/mol. The van der Waals surface area contributed by atoms with Gasteiger partial charge in [0.05, 0.1) is 18.3 Å². The van der Waals surface area contributed by atoms with Crippen LogP contribution in [-0.2, 0) is 18.6 Å². The van der Waals surface area contributed by atoms with E-state index >= 15 is 0 Å². The number of tetrazole rings is 1. The molecule has 0 unspecified atom stereocenters. The van der Waals surface area contributed by atoms with E-state index in [1.165, 1.54) is 0 Å². The van der Waals surface area contributed by atoms with Gasteiger partial charge >= 0.3 is 0 Å². The number of nitrogens with one attached hydrogen (secondary N) is 1. The van der Waals surface area contributed by atoms with Gasteiger partial charge in [0.15, 0.2) is 5.82 Å². The lowest BCUT2D eigenvalue weighted by atomic mass is 9.98. The molecule has 0 aliphatic carbocycles. The van der Waals surface area contributed by atoms with E-state index in [1.807, 2.05) is 60.3 Å². The van der Waals surface area contributed by atoms with Crippen LogP contribution < -0.4 is 5.56 Å². The summed E-state index contributed by atoms with van der Waals surface area (Å²) in [7, 11) is 0. The summed E-state index contributed by atoms with van der Waals surface area (Å²) in [5.74, 6) is 1.37. The number of H-pyrrole nitrogens is 1. The molecule has 1 aromatic carbocycles. The summed E-state index contributed by atoms with van der Waals surface area (Å²) in [6.45, 7) is 9.27. The van der Waals surface area contributed by atoms with Gasteiger partial charge in [0, 0.05) is 30.0 Å². The Morgan fingerprint density at radius 3 is 2.73 bits per heavy atom. The highest BCUT2D eigenvalue weighted by Crippen LogP contribution is 2.33. The molecule has 0 bridgehead atoms. The summed E-state index contributed by atoms with van der Waals surface area (Å²) in [6.07, 6.45) is 6.05. The minimum Gasteiger partial charge on any atom is -0.468 e. The first-order chi connectivity index (χ1) is 17.9. The summed E-state index contributed by atoms with van der Waals surface area (Å²) in [4.78, 5) is 23.2. The fraction of sp³-hybridized carbons (Fsp3) is 0.321. The third kappa shape index (κ3) is 5.08. The van der Waals surface area contributed by atoms with Crippen molar-refractivity contribution in [2.24, 2.45) is 0 Å². The molecular formula is C28H31N7O2. The van der Waals surface area contributed by atoms with Crippen LogP contribution in [0, 0.1) is 6.92 Å². The Bertz CT molecular complexity index is 1540. The van der Waals surface area contributed by atoms with Crippen molar-refractivity contribution in [2.45, 2.75) is 58.8 Å². The lowest BCUT2D eigenvalue weighted by molar-refractivity contribution is 0.168. The van der Waals surface area contributed by atoms with Crippen LogP contribution in [0.4, 0.5) is 0 Å². The fourth-order valence-electron chi connectivity index (χ4n) is 4.56.